The summed E-state index contributed by atoms with van der Waals surface area (Å²) in [5.74, 6) is -2.76. The van der Waals surface area contributed by atoms with Crippen LogP contribution >= 0.6 is 0 Å². The van der Waals surface area contributed by atoms with Gasteiger partial charge >= 0.3 is 5.97 Å². The largest absolute Gasteiger partial charge is 0.507 e. The van der Waals surface area contributed by atoms with Crippen LogP contribution in [0.5, 0.6) is 28.7 Å². The summed E-state index contributed by atoms with van der Waals surface area (Å²) in [4.78, 5) is 24.3. The van der Waals surface area contributed by atoms with Crippen LogP contribution in [0.2, 0.25) is 0 Å². The van der Waals surface area contributed by atoms with E-state index in [2.05, 4.69) is 0 Å². The Morgan fingerprint density at radius 2 is 1.70 bits per heavy atom. The topological polar surface area (TPSA) is 264 Å². The average molecular weight is 653 g/mol. The highest BCUT2D eigenvalue weighted by atomic mass is 16.8. The van der Waals surface area contributed by atoms with E-state index in [9.17, 15) is 50.4 Å². The van der Waals surface area contributed by atoms with Crippen molar-refractivity contribution in [1.82, 2.24) is 0 Å². The van der Waals surface area contributed by atoms with Gasteiger partial charge < -0.3 is 73.7 Å². The van der Waals surface area contributed by atoms with Crippen molar-refractivity contribution in [3.05, 3.63) is 40.6 Å². The van der Waals surface area contributed by atoms with Crippen molar-refractivity contribution < 1.29 is 78.5 Å². The predicted octanol–water partition coefficient (Wildman–Crippen LogP) is -1.20. The molecule has 0 amide bonds. The molecule has 8 N–H and O–H groups in total. The number of carbonyl (C=O) groups excluding carboxylic acids is 1. The van der Waals surface area contributed by atoms with Gasteiger partial charge in [-0.05, 0) is 12.1 Å². The number of aliphatic hydroxyl groups is 5. The highest BCUT2D eigenvalue weighted by Crippen LogP contribution is 2.41. The van der Waals surface area contributed by atoms with Gasteiger partial charge in [0.1, 0.15) is 64.9 Å². The zero-order valence-corrected chi connectivity index (χ0v) is 24.3. The first-order valence-corrected chi connectivity index (χ1v) is 13.8. The number of aromatic hydroxyl groups is 3. The van der Waals surface area contributed by atoms with Crippen LogP contribution in [0.4, 0.5) is 0 Å². The number of rotatable bonds is 9. The Bertz CT molecular complexity index is 1630. The molecular formula is C29H32O17. The maximum atomic E-state index is 13.0. The van der Waals surface area contributed by atoms with E-state index in [1.54, 1.807) is 0 Å². The van der Waals surface area contributed by atoms with Gasteiger partial charge in [0.2, 0.25) is 12.0 Å². The van der Waals surface area contributed by atoms with Crippen LogP contribution in [0.15, 0.2) is 39.5 Å². The van der Waals surface area contributed by atoms with Crippen molar-refractivity contribution in [1.29, 1.82) is 0 Å². The molecule has 5 rings (SSSR count). The van der Waals surface area contributed by atoms with Crippen molar-refractivity contribution in [2.75, 3.05) is 26.9 Å². The molecule has 0 aliphatic carbocycles. The second-order valence-corrected chi connectivity index (χ2v) is 10.8. The van der Waals surface area contributed by atoms with Crippen molar-refractivity contribution in [3.63, 3.8) is 0 Å². The summed E-state index contributed by atoms with van der Waals surface area (Å²) in [6.07, 6.45) is -11.7. The van der Waals surface area contributed by atoms with Crippen molar-refractivity contribution in [3.8, 4) is 40.1 Å². The number of hydrogen-bond acceptors (Lipinski definition) is 17. The van der Waals surface area contributed by atoms with E-state index in [1.807, 2.05) is 0 Å². The second-order valence-electron chi connectivity index (χ2n) is 10.8. The molecule has 17 heteroatoms. The fraction of sp³-hybridized carbons (Fsp3) is 0.448. The van der Waals surface area contributed by atoms with E-state index in [4.69, 9.17) is 32.8 Å². The monoisotopic (exact) mass is 652 g/mol. The van der Waals surface area contributed by atoms with Gasteiger partial charge in [-0.1, -0.05) is 0 Å². The van der Waals surface area contributed by atoms with E-state index in [0.717, 1.165) is 19.1 Å². The molecule has 2 fully saturated rings. The molecule has 2 aliphatic rings. The fourth-order valence-electron chi connectivity index (χ4n) is 5.08. The Morgan fingerprint density at radius 3 is 2.30 bits per heavy atom. The standard InChI is InChI=1S/C29H32O17/c1-11(31)41-8-20-22(36)23(37)25(46-28-26(38)29(39,9-30)10-42-28)27(45-20)43-13-5-14(32)21-15(33)7-18(44-19(21)6-13)12-3-16(34)24(40-2)17(35)4-12/h3-7,20,22-23,25-28,30,32,34-39H,8-10H2,1-2H3/t20-,22-,23+,25-,26+,27-,28+,29-/m1/s1. The molecule has 8 atom stereocenters. The molecule has 2 aliphatic heterocycles. The molecule has 2 aromatic carbocycles. The van der Waals surface area contributed by atoms with Gasteiger partial charge in [0.15, 0.2) is 29.3 Å². The molecule has 1 aromatic heterocycles. The van der Waals surface area contributed by atoms with Crippen LogP contribution in [0, 0.1) is 0 Å². The third-order valence-corrected chi connectivity index (χ3v) is 7.54. The minimum Gasteiger partial charge on any atom is -0.507 e. The van der Waals surface area contributed by atoms with E-state index in [-0.39, 0.29) is 33.8 Å². The van der Waals surface area contributed by atoms with Crippen LogP contribution < -0.4 is 14.9 Å². The molecule has 3 aromatic rings. The summed E-state index contributed by atoms with van der Waals surface area (Å²) in [7, 11) is 1.23. The van der Waals surface area contributed by atoms with Crippen LogP contribution in [0.25, 0.3) is 22.3 Å². The number of esters is 1. The van der Waals surface area contributed by atoms with E-state index >= 15 is 0 Å². The number of hydrogen-bond donors (Lipinski definition) is 8. The molecule has 0 bridgehead atoms. The summed E-state index contributed by atoms with van der Waals surface area (Å²) in [6.45, 7) is -0.827. The first-order chi connectivity index (χ1) is 21.8. The molecule has 0 unspecified atom stereocenters. The number of phenols is 3. The number of phenolic OH excluding ortho intramolecular Hbond substituents is 3. The summed E-state index contributed by atoms with van der Waals surface area (Å²) < 4.78 is 38.2. The first kappa shape index (κ1) is 33.2. The van der Waals surface area contributed by atoms with Crippen LogP contribution in [0.1, 0.15) is 6.92 Å². The number of fused-ring (bicyclic) bond motifs is 1. The summed E-state index contributed by atoms with van der Waals surface area (Å²) in [5.41, 5.74) is -2.93. The molecule has 250 valence electrons. The Morgan fingerprint density at radius 1 is 1.00 bits per heavy atom. The van der Waals surface area contributed by atoms with E-state index in [0.29, 0.717) is 0 Å². The van der Waals surface area contributed by atoms with Gasteiger partial charge in [0.05, 0.1) is 20.3 Å². The summed E-state index contributed by atoms with van der Waals surface area (Å²) in [5, 5.41) is 82.8. The van der Waals surface area contributed by atoms with Crippen molar-refractivity contribution in [2.45, 2.75) is 55.6 Å². The van der Waals surface area contributed by atoms with Crippen molar-refractivity contribution in [2.24, 2.45) is 0 Å². The highest BCUT2D eigenvalue weighted by molar-refractivity contribution is 5.86. The SMILES string of the molecule is COc1c(O)cc(-c2cc(=O)c3c(O)cc(O[C@@H]4O[C@H](COC(C)=O)[C@@H](O)[C@H](O)[C@H]4O[C@@H]4OC[C@](O)(CO)[C@H]4O)cc3o2)cc1O. The van der Waals surface area contributed by atoms with Gasteiger partial charge in [-0.3, -0.25) is 9.59 Å². The quantitative estimate of drug-likeness (QED) is 0.126. The van der Waals surface area contributed by atoms with Gasteiger partial charge in [-0.25, -0.2) is 0 Å². The minimum absolute atomic E-state index is 0.0769. The maximum absolute atomic E-state index is 13.0. The molecule has 46 heavy (non-hydrogen) atoms. The smallest absolute Gasteiger partial charge is 0.302 e. The minimum atomic E-state index is -2.09. The molecule has 2 saturated heterocycles. The number of ether oxygens (including phenoxy) is 6. The summed E-state index contributed by atoms with van der Waals surface area (Å²) in [6, 6.07) is 5.57. The average Bonchev–Trinajstić information content (AvgIpc) is 3.28. The van der Waals surface area contributed by atoms with E-state index in [1.165, 1.54) is 25.3 Å². The normalized spacial score (nSPS) is 29.5. The third-order valence-electron chi connectivity index (χ3n) is 7.54. The Kier molecular flexibility index (Phi) is 9.30. The third kappa shape index (κ3) is 6.26. The predicted molar refractivity (Wildman–Crippen MR) is 150 cm³/mol. The molecule has 0 spiro atoms. The van der Waals surface area contributed by atoms with Crippen LogP contribution in [-0.2, 0) is 23.7 Å². The zero-order chi connectivity index (χ0) is 33.5. The van der Waals surface area contributed by atoms with Gasteiger partial charge in [-0.2, -0.15) is 0 Å². The second kappa shape index (κ2) is 12.9. The van der Waals surface area contributed by atoms with Gasteiger partial charge in [0.25, 0.3) is 0 Å². The first-order valence-electron chi connectivity index (χ1n) is 13.8. The van der Waals surface area contributed by atoms with Crippen LogP contribution in [-0.4, -0.2) is 122 Å². The Hall–Kier alpha value is -4.20. The lowest BCUT2D eigenvalue weighted by molar-refractivity contribution is -0.319. The van der Waals surface area contributed by atoms with Gasteiger partial charge in [0, 0.05) is 30.7 Å². The van der Waals surface area contributed by atoms with E-state index < -0.39 is 97.2 Å². The number of benzene rings is 2. The number of carbonyl (C=O) groups is 1. The molecule has 0 saturated carbocycles. The molecule has 17 nitrogen and oxygen atoms in total. The Balaban J connectivity index is 1.50. The fourth-order valence-corrected chi connectivity index (χ4v) is 5.08. The molecular weight excluding hydrogens is 620 g/mol. The lowest BCUT2D eigenvalue weighted by Gasteiger charge is -2.42. The summed E-state index contributed by atoms with van der Waals surface area (Å²) >= 11 is 0. The number of aliphatic hydroxyl groups excluding tert-OH is 4. The zero-order valence-electron chi connectivity index (χ0n) is 24.3. The number of methoxy groups -OCH3 is 1. The molecule has 3 heterocycles. The lowest BCUT2D eigenvalue weighted by atomic mass is 9.98. The van der Waals surface area contributed by atoms with Gasteiger partial charge in [-0.15, -0.1) is 0 Å². The lowest BCUT2D eigenvalue weighted by Crippen LogP contribution is -2.62. The highest BCUT2D eigenvalue weighted by Gasteiger charge is 2.53. The Labute approximate surface area is 258 Å². The maximum Gasteiger partial charge on any atom is 0.302 e. The molecule has 0 radical (unpaired) electrons. The van der Waals surface area contributed by atoms with Crippen molar-refractivity contribution >= 4 is 16.9 Å². The van der Waals surface area contributed by atoms with Crippen LogP contribution in [0.3, 0.4) is 0 Å².